The van der Waals surface area contributed by atoms with Crippen LogP contribution in [0.4, 0.5) is 5.82 Å². The lowest BCUT2D eigenvalue weighted by molar-refractivity contribution is 0.0947. The molecule has 0 bridgehead atoms. The number of nitrogens with two attached hydrogens (primary N) is 1. The molecule has 1 amide bonds. The normalized spacial score (nSPS) is 10.0. The standard InChI is InChI=1S/C10H10N4O2/c11-9-5-7(1-3-12-9)10(15)13-6-8-2-4-14-16-8/h1-5H,6H2,(H2,11,12)(H,13,15). The van der Waals surface area contributed by atoms with Gasteiger partial charge in [-0.2, -0.15) is 0 Å². The van der Waals surface area contributed by atoms with Gasteiger partial charge in [0, 0.05) is 17.8 Å². The minimum absolute atomic E-state index is 0.231. The molecule has 0 aliphatic rings. The number of carbonyl (C=O) groups excluding carboxylic acids is 1. The first kappa shape index (κ1) is 10.2. The van der Waals surface area contributed by atoms with E-state index in [4.69, 9.17) is 10.3 Å². The number of pyridine rings is 1. The first-order valence-electron chi connectivity index (χ1n) is 4.65. The fraction of sp³-hybridized carbons (Fsp3) is 0.100. The highest BCUT2D eigenvalue weighted by Gasteiger charge is 2.06. The number of aromatic nitrogens is 2. The molecule has 2 aromatic rings. The van der Waals surface area contributed by atoms with Crippen molar-refractivity contribution in [2.45, 2.75) is 6.54 Å². The van der Waals surface area contributed by atoms with E-state index in [-0.39, 0.29) is 5.91 Å². The molecule has 0 saturated carbocycles. The molecule has 2 aromatic heterocycles. The van der Waals surface area contributed by atoms with Crippen molar-refractivity contribution in [3.05, 3.63) is 41.9 Å². The third-order valence-corrected chi connectivity index (χ3v) is 1.96. The highest BCUT2D eigenvalue weighted by atomic mass is 16.5. The van der Waals surface area contributed by atoms with Crippen molar-refractivity contribution in [2.24, 2.45) is 0 Å². The zero-order chi connectivity index (χ0) is 11.4. The van der Waals surface area contributed by atoms with Crippen LogP contribution in [0.1, 0.15) is 16.1 Å². The molecule has 2 heterocycles. The maximum Gasteiger partial charge on any atom is 0.251 e. The van der Waals surface area contributed by atoms with Crippen LogP contribution in [0.25, 0.3) is 0 Å². The van der Waals surface area contributed by atoms with Crippen LogP contribution in [0, 0.1) is 0 Å². The van der Waals surface area contributed by atoms with Crippen LogP contribution in [0.2, 0.25) is 0 Å². The number of carbonyl (C=O) groups is 1. The third-order valence-electron chi connectivity index (χ3n) is 1.96. The summed E-state index contributed by atoms with van der Waals surface area (Å²) < 4.78 is 4.84. The van der Waals surface area contributed by atoms with Gasteiger partial charge in [0.05, 0.1) is 12.7 Å². The Kier molecular flexibility index (Phi) is 2.81. The predicted octanol–water partition coefficient (Wildman–Crippen LogP) is 0.582. The quantitative estimate of drug-likeness (QED) is 0.785. The Labute approximate surface area is 91.5 Å². The zero-order valence-electron chi connectivity index (χ0n) is 8.38. The summed E-state index contributed by atoms with van der Waals surface area (Å²) in [6.45, 7) is 0.293. The van der Waals surface area contributed by atoms with Crippen LogP contribution in [-0.2, 0) is 6.54 Å². The van der Waals surface area contributed by atoms with Crippen molar-refractivity contribution in [2.75, 3.05) is 5.73 Å². The van der Waals surface area contributed by atoms with Gasteiger partial charge in [0.2, 0.25) is 0 Å². The molecule has 6 heteroatoms. The molecule has 0 radical (unpaired) electrons. The Hall–Kier alpha value is -2.37. The molecule has 0 aliphatic carbocycles. The molecule has 16 heavy (non-hydrogen) atoms. The maximum atomic E-state index is 11.6. The van der Waals surface area contributed by atoms with Gasteiger partial charge in [0.15, 0.2) is 5.76 Å². The van der Waals surface area contributed by atoms with Gasteiger partial charge in [0.1, 0.15) is 5.82 Å². The summed E-state index contributed by atoms with van der Waals surface area (Å²) in [4.78, 5) is 15.4. The number of hydrogen-bond acceptors (Lipinski definition) is 5. The molecule has 6 nitrogen and oxygen atoms in total. The molecule has 2 rings (SSSR count). The van der Waals surface area contributed by atoms with Gasteiger partial charge < -0.3 is 15.6 Å². The van der Waals surface area contributed by atoms with Gasteiger partial charge >= 0.3 is 0 Å². The highest BCUT2D eigenvalue weighted by molar-refractivity contribution is 5.94. The van der Waals surface area contributed by atoms with E-state index >= 15 is 0 Å². The molecule has 0 fully saturated rings. The van der Waals surface area contributed by atoms with E-state index in [2.05, 4.69) is 15.5 Å². The number of nitrogen functional groups attached to an aromatic ring is 1. The summed E-state index contributed by atoms with van der Waals surface area (Å²) in [6.07, 6.45) is 3.00. The topological polar surface area (TPSA) is 94.0 Å². The Morgan fingerprint density at radius 2 is 2.31 bits per heavy atom. The Morgan fingerprint density at radius 1 is 1.44 bits per heavy atom. The second-order valence-electron chi connectivity index (χ2n) is 3.13. The molecule has 82 valence electrons. The van der Waals surface area contributed by atoms with Crippen molar-refractivity contribution in [1.82, 2.24) is 15.5 Å². The third kappa shape index (κ3) is 2.35. The summed E-state index contributed by atoms with van der Waals surface area (Å²) in [5, 5.41) is 6.20. The lowest BCUT2D eigenvalue weighted by Crippen LogP contribution is -2.22. The van der Waals surface area contributed by atoms with E-state index in [0.717, 1.165) is 0 Å². The van der Waals surface area contributed by atoms with Crippen LogP contribution < -0.4 is 11.1 Å². The van der Waals surface area contributed by atoms with Gasteiger partial charge in [-0.15, -0.1) is 0 Å². The summed E-state index contributed by atoms with van der Waals surface area (Å²) >= 11 is 0. The second-order valence-corrected chi connectivity index (χ2v) is 3.13. The van der Waals surface area contributed by atoms with Crippen LogP contribution in [-0.4, -0.2) is 16.0 Å². The molecule has 0 unspecified atom stereocenters. The Morgan fingerprint density at radius 3 is 3.00 bits per heavy atom. The molecule has 0 atom stereocenters. The summed E-state index contributed by atoms with van der Waals surface area (Å²) in [5.74, 6) is 0.674. The Bertz CT molecular complexity index is 481. The zero-order valence-corrected chi connectivity index (χ0v) is 8.38. The number of hydrogen-bond donors (Lipinski definition) is 2. The van der Waals surface area contributed by atoms with Crippen molar-refractivity contribution in [1.29, 1.82) is 0 Å². The smallest absolute Gasteiger partial charge is 0.251 e. The van der Waals surface area contributed by atoms with E-state index < -0.39 is 0 Å². The van der Waals surface area contributed by atoms with Gasteiger partial charge in [-0.25, -0.2) is 4.98 Å². The molecule has 0 spiro atoms. The number of anilines is 1. The second kappa shape index (κ2) is 4.43. The van der Waals surface area contributed by atoms with Gasteiger partial charge in [-0.1, -0.05) is 5.16 Å². The fourth-order valence-electron chi connectivity index (χ4n) is 1.19. The first-order chi connectivity index (χ1) is 7.75. The van der Waals surface area contributed by atoms with Crippen molar-refractivity contribution in [3.63, 3.8) is 0 Å². The molecule has 0 saturated heterocycles. The molecular formula is C10H10N4O2. The summed E-state index contributed by atoms with van der Waals surface area (Å²) in [6, 6.07) is 4.78. The number of nitrogens with one attached hydrogen (secondary N) is 1. The molecular weight excluding hydrogens is 208 g/mol. The van der Waals surface area contributed by atoms with Crippen molar-refractivity contribution in [3.8, 4) is 0 Å². The monoisotopic (exact) mass is 218 g/mol. The van der Waals surface area contributed by atoms with Gasteiger partial charge in [-0.05, 0) is 12.1 Å². The SMILES string of the molecule is Nc1cc(C(=O)NCc2ccno2)ccn1. The van der Waals surface area contributed by atoms with Crippen LogP contribution >= 0.6 is 0 Å². The fourth-order valence-corrected chi connectivity index (χ4v) is 1.19. The molecule has 0 aliphatic heterocycles. The minimum Gasteiger partial charge on any atom is -0.384 e. The summed E-state index contributed by atoms with van der Waals surface area (Å²) in [5.41, 5.74) is 5.93. The average Bonchev–Trinajstić information content (AvgIpc) is 2.78. The first-order valence-corrected chi connectivity index (χ1v) is 4.65. The van der Waals surface area contributed by atoms with E-state index in [1.165, 1.54) is 18.5 Å². The van der Waals surface area contributed by atoms with E-state index in [9.17, 15) is 4.79 Å². The van der Waals surface area contributed by atoms with E-state index in [1.54, 1.807) is 12.1 Å². The van der Waals surface area contributed by atoms with E-state index in [0.29, 0.717) is 23.7 Å². The molecule has 0 aromatic carbocycles. The van der Waals surface area contributed by atoms with Crippen molar-refractivity contribution < 1.29 is 9.32 Å². The highest BCUT2D eigenvalue weighted by Crippen LogP contribution is 2.03. The van der Waals surface area contributed by atoms with Gasteiger partial charge in [0.25, 0.3) is 5.91 Å². The maximum absolute atomic E-state index is 11.6. The summed E-state index contributed by atoms with van der Waals surface area (Å²) in [7, 11) is 0. The molecule has 3 N–H and O–H groups in total. The van der Waals surface area contributed by atoms with Crippen molar-refractivity contribution >= 4 is 11.7 Å². The largest absolute Gasteiger partial charge is 0.384 e. The predicted molar refractivity (Wildman–Crippen MR) is 56.3 cm³/mol. The minimum atomic E-state index is -0.231. The van der Waals surface area contributed by atoms with Crippen LogP contribution in [0.5, 0.6) is 0 Å². The van der Waals surface area contributed by atoms with Crippen LogP contribution in [0.15, 0.2) is 35.1 Å². The number of rotatable bonds is 3. The Balaban J connectivity index is 1.98. The van der Waals surface area contributed by atoms with Crippen LogP contribution in [0.3, 0.4) is 0 Å². The average molecular weight is 218 g/mol. The number of nitrogens with zero attached hydrogens (tertiary/aromatic N) is 2. The van der Waals surface area contributed by atoms with Gasteiger partial charge in [-0.3, -0.25) is 4.79 Å². The lowest BCUT2D eigenvalue weighted by Gasteiger charge is -2.02. The number of amides is 1. The lowest BCUT2D eigenvalue weighted by atomic mass is 10.2. The van der Waals surface area contributed by atoms with E-state index in [1.807, 2.05) is 0 Å².